The average molecular weight is 364 g/mol. The molecule has 0 aliphatic heterocycles. The summed E-state index contributed by atoms with van der Waals surface area (Å²) in [5.41, 5.74) is 13.5. The Hall–Kier alpha value is -3.95. The number of Topliss-reactive ketones (excluding diaryl/α,β-unsaturated/α-hetero) is 1. The third-order valence-electron chi connectivity index (χ3n) is 4.57. The highest BCUT2D eigenvalue weighted by Gasteiger charge is 2.16. The fourth-order valence-electron chi connectivity index (χ4n) is 3.27. The summed E-state index contributed by atoms with van der Waals surface area (Å²) < 4.78 is 0. The zero-order chi connectivity index (χ0) is 19.3. The summed E-state index contributed by atoms with van der Waals surface area (Å²) in [4.78, 5) is 20.4. The molecule has 0 spiro atoms. The van der Waals surface area contributed by atoms with E-state index in [1.807, 2.05) is 78.9 Å². The lowest BCUT2D eigenvalue weighted by Gasteiger charge is -2.12. The Morgan fingerprint density at radius 3 is 2.25 bits per heavy atom. The van der Waals surface area contributed by atoms with Gasteiger partial charge in [0.2, 0.25) is 0 Å². The van der Waals surface area contributed by atoms with Crippen LogP contribution in [0.2, 0.25) is 0 Å². The summed E-state index contributed by atoms with van der Waals surface area (Å²) in [7, 11) is 0. The summed E-state index contributed by atoms with van der Waals surface area (Å²) in [6.07, 6.45) is 0. The predicted molar refractivity (Wildman–Crippen MR) is 111 cm³/mol. The molecule has 0 atom stereocenters. The maximum Gasteiger partial charge on any atom is 0.169 e. The van der Waals surface area contributed by atoms with Crippen molar-refractivity contribution in [3.8, 4) is 22.4 Å². The van der Waals surface area contributed by atoms with Crippen LogP contribution in [0.5, 0.6) is 0 Å². The fraction of sp³-hybridized carbons (Fsp3) is 0.0435. The van der Waals surface area contributed by atoms with E-state index >= 15 is 0 Å². The lowest BCUT2D eigenvalue weighted by molar-refractivity contribution is 0.100. The topological polar surface area (TPSA) is 78.7 Å². The van der Waals surface area contributed by atoms with Crippen molar-refractivity contribution < 1.29 is 4.79 Å². The molecule has 3 aromatic carbocycles. The van der Waals surface area contributed by atoms with E-state index in [1.165, 1.54) is 0 Å². The van der Waals surface area contributed by atoms with Gasteiger partial charge in [0.15, 0.2) is 5.78 Å². The number of fused-ring (bicyclic) bond motifs is 1. The number of nitrogens with zero attached hydrogens (tertiary/aromatic N) is 4. The van der Waals surface area contributed by atoms with Crippen LogP contribution in [0.1, 0.15) is 10.4 Å². The number of azide groups is 1. The first kappa shape index (κ1) is 17.5. The maximum atomic E-state index is 12.8. The molecule has 1 aromatic heterocycles. The Morgan fingerprint density at radius 2 is 1.57 bits per heavy atom. The molecule has 0 aliphatic carbocycles. The molecule has 4 aromatic rings. The van der Waals surface area contributed by atoms with E-state index in [0.29, 0.717) is 11.3 Å². The molecule has 0 bridgehead atoms. The number of carbonyl (C=O) groups excluding carboxylic acids is 1. The van der Waals surface area contributed by atoms with E-state index in [0.717, 1.165) is 27.6 Å². The summed E-state index contributed by atoms with van der Waals surface area (Å²) in [6, 6.07) is 27.3. The lowest BCUT2D eigenvalue weighted by Crippen LogP contribution is -2.05. The van der Waals surface area contributed by atoms with Crippen LogP contribution in [0.25, 0.3) is 43.7 Å². The first-order valence-electron chi connectivity index (χ1n) is 8.86. The molecule has 0 fully saturated rings. The minimum Gasteiger partial charge on any atom is -0.294 e. The molecule has 1 heterocycles. The number of hydrogen-bond donors (Lipinski definition) is 0. The predicted octanol–water partition coefficient (Wildman–Crippen LogP) is 6.06. The number of carbonyl (C=O) groups is 1. The van der Waals surface area contributed by atoms with E-state index in [1.54, 1.807) is 6.07 Å². The fourth-order valence-corrected chi connectivity index (χ4v) is 3.27. The Kier molecular flexibility index (Phi) is 4.83. The van der Waals surface area contributed by atoms with Gasteiger partial charge in [-0.1, -0.05) is 84.0 Å². The Balaban J connectivity index is 2.02. The van der Waals surface area contributed by atoms with E-state index in [2.05, 4.69) is 10.0 Å². The van der Waals surface area contributed by atoms with Crippen molar-refractivity contribution in [2.75, 3.05) is 6.54 Å². The summed E-state index contributed by atoms with van der Waals surface area (Å²) in [6.45, 7) is -0.223. The van der Waals surface area contributed by atoms with Gasteiger partial charge < -0.3 is 0 Å². The van der Waals surface area contributed by atoms with Gasteiger partial charge in [-0.15, -0.1) is 0 Å². The molecule has 0 saturated heterocycles. The smallest absolute Gasteiger partial charge is 0.169 e. The molecule has 0 radical (unpaired) electrons. The Labute approximate surface area is 161 Å². The zero-order valence-corrected chi connectivity index (χ0v) is 15.0. The standard InChI is InChI=1S/C23H16N4O/c24-27-25-15-22(28)20-14-21(17-10-5-2-6-11-17)26-23-18(12-7-13-19(20)23)16-8-3-1-4-9-16/h1-14H,15H2. The highest BCUT2D eigenvalue weighted by atomic mass is 16.1. The minimum absolute atomic E-state index is 0.223. The molecule has 0 aliphatic rings. The molecular weight excluding hydrogens is 348 g/mol. The van der Waals surface area contributed by atoms with Crippen LogP contribution in [0, 0.1) is 0 Å². The van der Waals surface area contributed by atoms with Crippen molar-refractivity contribution >= 4 is 16.7 Å². The van der Waals surface area contributed by atoms with Crippen molar-refractivity contribution in [3.63, 3.8) is 0 Å². The van der Waals surface area contributed by atoms with Crippen LogP contribution in [0.15, 0.2) is 90.0 Å². The molecule has 0 unspecified atom stereocenters. The van der Waals surface area contributed by atoms with Crippen LogP contribution in [-0.2, 0) is 0 Å². The number of benzene rings is 3. The second-order valence-electron chi connectivity index (χ2n) is 6.30. The highest BCUT2D eigenvalue weighted by Crippen LogP contribution is 2.32. The molecule has 0 saturated carbocycles. The van der Waals surface area contributed by atoms with Gasteiger partial charge in [-0.3, -0.25) is 4.79 Å². The van der Waals surface area contributed by atoms with Crippen LogP contribution < -0.4 is 0 Å². The second-order valence-corrected chi connectivity index (χ2v) is 6.30. The summed E-state index contributed by atoms with van der Waals surface area (Å²) in [5, 5.41) is 4.20. The molecule has 28 heavy (non-hydrogen) atoms. The van der Waals surface area contributed by atoms with Crippen LogP contribution in [0.4, 0.5) is 0 Å². The van der Waals surface area contributed by atoms with Gasteiger partial charge in [0.05, 0.1) is 17.8 Å². The SMILES string of the molecule is [N-]=[N+]=NCC(=O)c1cc(-c2ccccc2)nc2c(-c3ccccc3)cccc12. The maximum absolute atomic E-state index is 12.8. The highest BCUT2D eigenvalue weighted by molar-refractivity contribution is 6.11. The monoisotopic (exact) mass is 364 g/mol. The Bertz CT molecular complexity index is 1200. The van der Waals surface area contributed by atoms with Crippen LogP contribution in [-0.4, -0.2) is 17.3 Å². The van der Waals surface area contributed by atoms with Gasteiger partial charge in [-0.2, -0.15) is 0 Å². The number of para-hydroxylation sites is 1. The number of pyridine rings is 1. The quantitative estimate of drug-likeness (QED) is 0.187. The molecule has 5 nitrogen and oxygen atoms in total. The average Bonchev–Trinajstić information content (AvgIpc) is 2.77. The van der Waals surface area contributed by atoms with Crippen LogP contribution >= 0.6 is 0 Å². The Morgan fingerprint density at radius 1 is 0.893 bits per heavy atom. The lowest BCUT2D eigenvalue weighted by atomic mass is 9.96. The third kappa shape index (κ3) is 3.34. The number of aromatic nitrogens is 1. The summed E-state index contributed by atoms with van der Waals surface area (Å²) in [5.74, 6) is -0.229. The molecule has 0 amide bonds. The van der Waals surface area contributed by atoms with E-state index < -0.39 is 0 Å². The number of hydrogen-bond acceptors (Lipinski definition) is 3. The molecule has 4 rings (SSSR count). The zero-order valence-electron chi connectivity index (χ0n) is 15.0. The molecular formula is C23H16N4O. The van der Waals surface area contributed by atoms with Gasteiger partial charge in [0, 0.05) is 27.0 Å². The van der Waals surface area contributed by atoms with Crippen molar-refractivity contribution in [1.29, 1.82) is 0 Å². The molecule has 134 valence electrons. The second kappa shape index (κ2) is 7.74. The summed E-state index contributed by atoms with van der Waals surface area (Å²) >= 11 is 0. The van der Waals surface area contributed by atoms with Crippen LogP contribution in [0.3, 0.4) is 0 Å². The normalized spacial score (nSPS) is 10.4. The largest absolute Gasteiger partial charge is 0.294 e. The minimum atomic E-state index is -0.229. The van der Waals surface area contributed by atoms with Gasteiger partial charge in [0.25, 0.3) is 0 Å². The first-order valence-corrected chi connectivity index (χ1v) is 8.86. The third-order valence-corrected chi connectivity index (χ3v) is 4.57. The number of ketones is 1. The van der Waals surface area contributed by atoms with Gasteiger partial charge in [-0.25, -0.2) is 4.98 Å². The number of rotatable bonds is 5. The first-order chi connectivity index (χ1) is 13.8. The molecule has 5 heteroatoms. The van der Waals surface area contributed by atoms with Gasteiger partial charge >= 0.3 is 0 Å². The van der Waals surface area contributed by atoms with Crippen molar-refractivity contribution in [3.05, 3.63) is 101 Å². The van der Waals surface area contributed by atoms with Gasteiger partial charge in [-0.05, 0) is 17.2 Å². The van der Waals surface area contributed by atoms with Crippen molar-refractivity contribution in [2.45, 2.75) is 0 Å². The van der Waals surface area contributed by atoms with E-state index in [9.17, 15) is 4.79 Å². The molecule has 0 N–H and O–H groups in total. The van der Waals surface area contributed by atoms with E-state index in [4.69, 9.17) is 10.5 Å². The van der Waals surface area contributed by atoms with Crippen molar-refractivity contribution in [1.82, 2.24) is 4.98 Å². The van der Waals surface area contributed by atoms with Gasteiger partial charge in [0.1, 0.15) is 0 Å². The van der Waals surface area contributed by atoms with Crippen molar-refractivity contribution in [2.24, 2.45) is 5.11 Å². The van der Waals surface area contributed by atoms with E-state index in [-0.39, 0.29) is 12.3 Å².